The standard InChI is InChI=1S/C15H26N4/c1-4-16-10-14-6-7-17-11-15(14)19-9-5-8-18(3)12-13(19)2/h6-7,11,13,16H,4-5,8-10,12H2,1-3H3. The molecule has 0 bridgehead atoms. The quantitative estimate of drug-likeness (QED) is 0.895. The lowest BCUT2D eigenvalue weighted by Crippen LogP contribution is -2.38. The van der Waals surface area contributed by atoms with Crippen LogP contribution in [0.1, 0.15) is 25.8 Å². The van der Waals surface area contributed by atoms with Crippen molar-refractivity contribution in [3.05, 3.63) is 24.0 Å². The summed E-state index contributed by atoms with van der Waals surface area (Å²) >= 11 is 0. The van der Waals surface area contributed by atoms with Gasteiger partial charge < -0.3 is 15.1 Å². The molecule has 0 radical (unpaired) electrons. The first-order valence-electron chi connectivity index (χ1n) is 7.31. The molecule has 19 heavy (non-hydrogen) atoms. The van der Waals surface area contributed by atoms with Gasteiger partial charge in [-0.15, -0.1) is 0 Å². The summed E-state index contributed by atoms with van der Waals surface area (Å²) in [4.78, 5) is 9.27. The van der Waals surface area contributed by atoms with Gasteiger partial charge in [0.25, 0.3) is 0 Å². The summed E-state index contributed by atoms with van der Waals surface area (Å²) in [6.45, 7) is 9.80. The predicted octanol–water partition coefficient (Wildman–Crippen LogP) is 1.72. The molecule has 1 fully saturated rings. The number of rotatable bonds is 4. The number of aromatic nitrogens is 1. The Balaban J connectivity index is 2.19. The van der Waals surface area contributed by atoms with Crippen molar-refractivity contribution in [2.24, 2.45) is 0 Å². The van der Waals surface area contributed by atoms with Crippen molar-refractivity contribution in [1.29, 1.82) is 0 Å². The first-order chi connectivity index (χ1) is 9.22. The lowest BCUT2D eigenvalue weighted by Gasteiger charge is -2.31. The highest BCUT2D eigenvalue weighted by Crippen LogP contribution is 2.23. The van der Waals surface area contributed by atoms with Crippen LogP contribution in [0.25, 0.3) is 0 Å². The maximum absolute atomic E-state index is 4.33. The molecular formula is C15H26N4. The van der Waals surface area contributed by atoms with Crippen LogP contribution >= 0.6 is 0 Å². The minimum Gasteiger partial charge on any atom is -0.366 e. The summed E-state index contributed by atoms with van der Waals surface area (Å²) in [6.07, 6.45) is 5.13. The number of hydrogen-bond donors (Lipinski definition) is 1. The Kier molecular flexibility index (Phi) is 5.16. The van der Waals surface area contributed by atoms with Gasteiger partial charge in [-0.1, -0.05) is 6.92 Å². The maximum atomic E-state index is 4.33. The molecule has 0 amide bonds. The second kappa shape index (κ2) is 6.87. The van der Waals surface area contributed by atoms with E-state index in [1.807, 2.05) is 12.4 Å². The Morgan fingerprint density at radius 3 is 3.05 bits per heavy atom. The van der Waals surface area contributed by atoms with Gasteiger partial charge in [-0.05, 0) is 45.1 Å². The molecule has 1 N–H and O–H groups in total. The molecule has 1 aromatic rings. The van der Waals surface area contributed by atoms with Crippen LogP contribution in [0.15, 0.2) is 18.5 Å². The largest absolute Gasteiger partial charge is 0.366 e. The van der Waals surface area contributed by atoms with Crippen molar-refractivity contribution >= 4 is 5.69 Å². The summed E-state index contributed by atoms with van der Waals surface area (Å²) in [5.74, 6) is 0. The molecule has 1 aliphatic rings. The number of anilines is 1. The van der Waals surface area contributed by atoms with Crippen LogP contribution in [-0.2, 0) is 6.54 Å². The van der Waals surface area contributed by atoms with Crippen molar-refractivity contribution in [2.45, 2.75) is 32.9 Å². The number of hydrogen-bond acceptors (Lipinski definition) is 4. The van der Waals surface area contributed by atoms with E-state index < -0.39 is 0 Å². The highest BCUT2D eigenvalue weighted by molar-refractivity contribution is 5.52. The van der Waals surface area contributed by atoms with E-state index in [4.69, 9.17) is 0 Å². The molecule has 2 rings (SSSR count). The number of nitrogens with zero attached hydrogens (tertiary/aromatic N) is 3. The van der Waals surface area contributed by atoms with Gasteiger partial charge in [-0.3, -0.25) is 4.98 Å². The lowest BCUT2D eigenvalue weighted by molar-refractivity contribution is 0.337. The predicted molar refractivity (Wildman–Crippen MR) is 80.5 cm³/mol. The van der Waals surface area contributed by atoms with Gasteiger partial charge in [0, 0.05) is 31.9 Å². The second-order valence-electron chi connectivity index (χ2n) is 5.44. The van der Waals surface area contributed by atoms with Crippen LogP contribution in [0.5, 0.6) is 0 Å². The molecule has 1 atom stereocenters. The molecule has 1 aliphatic heterocycles. The monoisotopic (exact) mass is 262 g/mol. The van der Waals surface area contributed by atoms with Gasteiger partial charge in [0.2, 0.25) is 0 Å². The van der Waals surface area contributed by atoms with Crippen LogP contribution < -0.4 is 10.2 Å². The van der Waals surface area contributed by atoms with Crippen molar-refractivity contribution in [3.8, 4) is 0 Å². The smallest absolute Gasteiger partial charge is 0.0601 e. The average Bonchev–Trinajstić information content (AvgIpc) is 2.57. The Morgan fingerprint density at radius 2 is 2.26 bits per heavy atom. The summed E-state index contributed by atoms with van der Waals surface area (Å²) in [6, 6.07) is 2.68. The van der Waals surface area contributed by atoms with Gasteiger partial charge in [0.1, 0.15) is 0 Å². The van der Waals surface area contributed by atoms with E-state index >= 15 is 0 Å². The van der Waals surface area contributed by atoms with Crippen LogP contribution in [-0.4, -0.2) is 49.2 Å². The molecule has 0 spiro atoms. The molecule has 2 heterocycles. The molecule has 0 aliphatic carbocycles. The Bertz CT molecular complexity index is 393. The van der Waals surface area contributed by atoms with E-state index in [9.17, 15) is 0 Å². The first kappa shape index (κ1) is 14.3. The molecule has 0 aromatic carbocycles. The summed E-state index contributed by atoms with van der Waals surface area (Å²) < 4.78 is 0. The fourth-order valence-electron chi connectivity index (χ4n) is 2.81. The minimum absolute atomic E-state index is 0.539. The maximum Gasteiger partial charge on any atom is 0.0601 e. The SMILES string of the molecule is CCNCc1ccncc1N1CCCN(C)CC1C. The third-order valence-corrected chi connectivity index (χ3v) is 3.81. The fraction of sp³-hybridized carbons (Fsp3) is 0.667. The second-order valence-corrected chi connectivity index (χ2v) is 5.44. The molecule has 106 valence electrons. The number of pyridine rings is 1. The molecule has 0 saturated carbocycles. The van der Waals surface area contributed by atoms with Crippen molar-refractivity contribution in [2.75, 3.05) is 38.1 Å². The van der Waals surface area contributed by atoms with Crippen LogP contribution in [0.4, 0.5) is 5.69 Å². The zero-order chi connectivity index (χ0) is 13.7. The highest BCUT2D eigenvalue weighted by Gasteiger charge is 2.21. The normalized spacial score (nSPS) is 21.4. The van der Waals surface area contributed by atoms with Crippen LogP contribution in [0.2, 0.25) is 0 Å². The van der Waals surface area contributed by atoms with Gasteiger partial charge in [0.05, 0.1) is 11.9 Å². The third kappa shape index (κ3) is 3.67. The molecule has 1 saturated heterocycles. The van der Waals surface area contributed by atoms with Gasteiger partial charge >= 0.3 is 0 Å². The summed E-state index contributed by atoms with van der Waals surface area (Å²) in [7, 11) is 2.21. The van der Waals surface area contributed by atoms with Gasteiger partial charge in [-0.25, -0.2) is 0 Å². The van der Waals surface area contributed by atoms with E-state index in [2.05, 4.69) is 47.1 Å². The topological polar surface area (TPSA) is 31.4 Å². The number of likely N-dealkylation sites (N-methyl/N-ethyl adjacent to an activating group) is 1. The van der Waals surface area contributed by atoms with E-state index in [0.717, 1.165) is 26.2 Å². The zero-order valence-electron chi connectivity index (χ0n) is 12.4. The molecule has 4 heteroatoms. The minimum atomic E-state index is 0.539. The molecule has 4 nitrogen and oxygen atoms in total. The van der Waals surface area contributed by atoms with E-state index in [1.165, 1.54) is 24.2 Å². The summed E-state index contributed by atoms with van der Waals surface area (Å²) in [5, 5.41) is 3.42. The first-order valence-corrected chi connectivity index (χ1v) is 7.31. The highest BCUT2D eigenvalue weighted by atomic mass is 15.2. The number of nitrogens with one attached hydrogen (secondary N) is 1. The average molecular weight is 262 g/mol. The van der Waals surface area contributed by atoms with E-state index in [0.29, 0.717) is 6.04 Å². The zero-order valence-corrected chi connectivity index (χ0v) is 12.4. The van der Waals surface area contributed by atoms with Gasteiger partial charge in [-0.2, -0.15) is 0 Å². The molecule has 1 unspecified atom stereocenters. The third-order valence-electron chi connectivity index (χ3n) is 3.81. The van der Waals surface area contributed by atoms with Crippen molar-refractivity contribution < 1.29 is 0 Å². The van der Waals surface area contributed by atoms with Crippen LogP contribution in [0, 0.1) is 0 Å². The Hall–Kier alpha value is -1.13. The Morgan fingerprint density at radius 1 is 1.42 bits per heavy atom. The Labute approximate surface area is 116 Å². The summed E-state index contributed by atoms with van der Waals surface area (Å²) in [5.41, 5.74) is 2.65. The van der Waals surface area contributed by atoms with Crippen molar-refractivity contribution in [1.82, 2.24) is 15.2 Å². The molecule has 1 aromatic heterocycles. The van der Waals surface area contributed by atoms with Crippen LogP contribution in [0.3, 0.4) is 0 Å². The van der Waals surface area contributed by atoms with E-state index in [1.54, 1.807) is 0 Å². The van der Waals surface area contributed by atoms with Crippen molar-refractivity contribution in [3.63, 3.8) is 0 Å². The van der Waals surface area contributed by atoms with Gasteiger partial charge in [0.15, 0.2) is 0 Å². The van der Waals surface area contributed by atoms with E-state index in [-0.39, 0.29) is 0 Å². The lowest BCUT2D eigenvalue weighted by atomic mass is 10.1. The fourth-order valence-corrected chi connectivity index (χ4v) is 2.81. The molecular weight excluding hydrogens is 236 g/mol.